The predicted molar refractivity (Wildman–Crippen MR) is 62.9 cm³/mol. The summed E-state index contributed by atoms with van der Waals surface area (Å²) in [5, 5.41) is -0.798. The maximum absolute atomic E-state index is 13.0. The Morgan fingerprint density at radius 1 is 1.35 bits per heavy atom. The second kappa shape index (κ2) is 4.58. The number of rotatable bonds is 2. The number of pyridine rings is 1. The fraction of sp³-hybridized carbons (Fsp3) is 0.0909. The summed E-state index contributed by atoms with van der Waals surface area (Å²) in [6, 6.07) is 2.73. The highest BCUT2D eigenvalue weighted by molar-refractivity contribution is 7.92. The molecule has 0 saturated carbocycles. The third-order valence-electron chi connectivity index (χ3n) is 2.27. The van der Waals surface area contributed by atoms with Crippen LogP contribution in [0.15, 0.2) is 47.3 Å². The lowest BCUT2D eigenvalue weighted by molar-refractivity contribution is 0.589. The van der Waals surface area contributed by atoms with Gasteiger partial charge in [-0.2, -0.15) is 0 Å². The van der Waals surface area contributed by atoms with E-state index in [0.29, 0.717) is 0 Å². The highest BCUT2D eigenvalue weighted by Crippen LogP contribution is 2.23. The van der Waals surface area contributed by atoms with E-state index in [-0.39, 0.29) is 10.0 Å². The molecule has 2 rings (SSSR count). The Morgan fingerprint density at radius 2 is 2.12 bits per heavy atom. The molecule has 0 aliphatic heterocycles. The molecule has 0 spiro atoms. The molecule has 0 aromatic carbocycles. The minimum atomic E-state index is -3.66. The van der Waals surface area contributed by atoms with Crippen LogP contribution in [0.2, 0.25) is 5.15 Å². The molecule has 0 amide bonds. The van der Waals surface area contributed by atoms with Crippen LogP contribution in [-0.2, 0) is 9.84 Å². The zero-order valence-electron chi connectivity index (χ0n) is 8.55. The van der Waals surface area contributed by atoms with E-state index in [2.05, 4.69) is 4.98 Å². The first-order valence-corrected chi connectivity index (χ1v) is 6.67. The quantitative estimate of drug-likeness (QED) is 0.777. The summed E-state index contributed by atoms with van der Waals surface area (Å²) >= 11 is 5.57. The topological polar surface area (TPSA) is 47.0 Å². The largest absolute Gasteiger partial charge is 0.243 e. The molecule has 0 saturated heterocycles. The summed E-state index contributed by atoms with van der Waals surface area (Å²) in [6.07, 6.45) is 6.19. The van der Waals surface area contributed by atoms with Crippen molar-refractivity contribution >= 4 is 21.4 Å². The zero-order valence-corrected chi connectivity index (χ0v) is 10.1. The highest BCUT2D eigenvalue weighted by Gasteiger charge is 2.27. The molecule has 1 aromatic rings. The lowest BCUT2D eigenvalue weighted by atomic mass is 10.2. The van der Waals surface area contributed by atoms with Gasteiger partial charge in [0.05, 0.1) is 10.1 Å². The van der Waals surface area contributed by atoms with Crippen molar-refractivity contribution in [2.45, 2.75) is 10.1 Å². The minimum absolute atomic E-state index is 0.0162. The first-order valence-electron chi connectivity index (χ1n) is 4.74. The van der Waals surface area contributed by atoms with E-state index in [4.69, 9.17) is 11.6 Å². The van der Waals surface area contributed by atoms with Crippen molar-refractivity contribution < 1.29 is 12.8 Å². The molecule has 1 aromatic heterocycles. The molecule has 1 aliphatic carbocycles. The smallest absolute Gasteiger partial charge is 0.187 e. The molecule has 17 heavy (non-hydrogen) atoms. The average molecular weight is 273 g/mol. The molecule has 1 heterocycles. The Kier molecular flexibility index (Phi) is 3.31. The van der Waals surface area contributed by atoms with Crippen molar-refractivity contribution in [3.8, 4) is 0 Å². The number of allylic oxidation sites excluding steroid dienone is 3. The Labute approximate surface area is 104 Å². The van der Waals surface area contributed by atoms with Gasteiger partial charge in [0, 0.05) is 12.6 Å². The lowest BCUT2D eigenvalue weighted by Gasteiger charge is -2.14. The van der Waals surface area contributed by atoms with Crippen LogP contribution in [0.25, 0.3) is 0 Å². The van der Waals surface area contributed by atoms with Crippen LogP contribution in [0, 0.1) is 6.42 Å². The monoisotopic (exact) mass is 272 g/mol. The fourth-order valence-corrected chi connectivity index (χ4v) is 2.90. The lowest BCUT2D eigenvalue weighted by Crippen LogP contribution is -2.21. The molecule has 0 fully saturated rings. The van der Waals surface area contributed by atoms with Gasteiger partial charge in [-0.05, 0) is 24.3 Å². The molecule has 1 atom stereocenters. The highest BCUT2D eigenvalue weighted by atomic mass is 35.5. The van der Waals surface area contributed by atoms with Gasteiger partial charge in [0.2, 0.25) is 0 Å². The third kappa shape index (κ3) is 2.56. The first kappa shape index (κ1) is 12.3. The minimum Gasteiger partial charge on any atom is -0.243 e. The van der Waals surface area contributed by atoms with Gasteiger partial charge >= 0.3 is 0 Å². The number of hydrogen-bond donors (Lipinski definition) is 0. The van der Waals surface area contributed by atoms with Crippen LogP contribution in [0.1, 0.15) is 0 Å². The third-order valence-corrected chi connectivity index (χ3v) is 4.40. The molecule has 0 N–H and O–H groups in total. The molecule has 0 bridgehead atoms. The SMILES string of the molecule is O=S(=O)(c1ccc(Cl)nc1)[C@@H]1[CH]C=CC(F)=C1. The summed E-state index contributed by atoms with van der Waals surface area (Å²) < 4.78 is 37.2. The Balaban J connectivity index is 2.37. The summed E-state index contributed by atoms with van der Waals surface area (Å²) in [5.74, 6) is -0.567. The standard InChI is InChI=1S/C11H8ClFNO2S/c12-11-5-4-10(7-14-11)17(15,16)9-3-1-2-8(13)6-9/h1-7,9H/t9-/m1/s1. The van der Waals surface area contributed by atoms with Crippen molar-refractivity contribution in [2.24, 2.45) is 0 Å². The molecule has 3 nitrogen and oxygen atoms in total. The van der Waals surface area contributed by atoms with Crippen LogP contribution in [0.3, 0.4) is 0 Å². The van der Waals surface area contributed by atoms with Gasteiger partial charge < -0.3 is 0 Å². The molecular formula is C11H8ClFNO2S. The number of hydrogen-bond acceptors (Lipinski definition) is 3. The van der Waals surface area contributed by atoms with Gasteiger partial charge in [-0.3, -0.25) is 0 Å². The van der Waals surface area contributed by atoms with Crippen LogP contribution in [0.4, 0.5) is 4.39 Å². The molecule has 89 valence electrons. The number of nitrogens with zero attached hydrogens (tertiary/aromatic N) is 1. The summed E-state index contributed by atoms with van der Waals surface area (Å²) in [6.45, 7) is 0. The van der Waals surface area contributed by atoms with Crippen molar-refractivity contribution in [2.75, 3.05) is 0 Å². The second-order valence-electron chi connectivity index (χ2n) is 3.43. The Hall–Kier alpha value is -1.20. The average Bonchev–Trinajstić information content (AvgIpc) is 2.29. The van der Waals surface area contributed by atoms with E-state index in [0.717, 1.165) is 12.3 Å². The molecule has 0 unspecified atom stereocenters. The van der Waals surface area contributed by atoms with E-state index in [1.807, 2.05) is 0 Å². The zero-order chi connectivity index (χ0) is 12.5. The summed E-state index contributed by atoms with van der Waals surface area (Å²) in [4.78, 5) is 3.72. The van der Waals surface area contributed by atoms with Crippen molar-refractivity contribution in [1.29, 1.82) is 0 Å². The van der Waals surface area contributed by atoms with Gasteiger partial charge in [-0.1, -0.05) is 17.7 Å². The van der Waals surface area contributed by atoms with Crippen LogP contribution < -0.4 is 0 Å². The van der Waals surface area contributed by atoms with Crippen LogP contribution in [0.5, 0.6) is 0 Å². The van der Waals surface area contributed by atoms with Gasteiger partial charge in [-0.15, -0.1) is 0 Å². The van der Waals surface area contributed by atoms with E-state index >= 15 is 0 Å². The van der Waals surface area contributed by atoms with E-state index in [1.165, 1.54) is 30.7 Å². The number of halogens is 2. The molecular weight excluding hydrogens is 265 g/mol. The normalized spacial score (nSPS) is 20.1. The van der Waals surface area contributed by atoms with E-state index < -0.39 is 20.9 Å². The first-order chi connectivity index (χ1) is 8.00. The summed E-state index contributed by atoms with van der Waals surface area (Å²) in [5.41, 5.74) is 0. The number of sulfone groups is 1. The van der Waals surface area contributed by atoms with Gasteiger partial charge in [0.25, 0.3) is 0 Å². The van der Waals surface area contributed by atoms with Gasteiger partial charge in [-0.25, -0.2) is 17.8 Å². The Morgan fingerprint density at radius 3 is 2.71 bits per heavy atom. The fourth-order valence-electron chi connectivity index (χ4n) is 1.41. The molecule has 1 radical (unpaired) electrons. The molecule has 6 heteroatoms. The second-order valence-corrected chi connectivity index (χ2v) is 5.92. The maximum Gasteiger partial charge on any atom is 0.187 e. The van der Waals surface area contributed by atoms with Crippen molar-refractivity contribution in [1.82, 2.24) is 4.98 Å². The van der Waals surface area contributed by atoms with Crippen molar-refractivity contribution in [3.63, 3.8) is 0 Å². The molecule has 1 aliphatic rings. The van der Waals surface area contributed by atoms with Crippen molar-refractivity contribution in [3.05, 3.63) is 54.0 Å². The number of aromatic nitrogens is 1. The van der Waals surface area contributed by atoms with E-state index in [1.54, 1.807) is 0 Å². The Bertz CT molecular complexity index is 578. The van der Waals surface area contributed by atoms with Crippen LogP contribution in [-0.4, -0.2) is 18.7 Å². The van der Waals surface area contributed by atoms with E-state index in [9.17, 15) is 12.8 Å². The summed E-state index contributed by atoms with van der Waals surface area (Å²) in [7, 11) is -3.66. The van der Waals surface area contributed by atoms with Gasteiger partial charge in [0.15, 0.2) is 9.84 Å². The maximum atomic E-state index is 13.0. The predicted octanol–water partition coefficient (Wildman–Crippen LogP) is 2.50. The van der Waals surface area contributed by atoms with Crippen LogP contribution >= 0.6 is 11.6 Å². The van der Waals surface area contributed by atoms with Gasteiger partial charge in [0.1, 0.15) is 11.0 Å².